The van der Waals surface area contributed by atoms with Gasteiger partial charge in [-0.2, -0.15) is 0 Å². The lowest BCUT2D eigenvalue weighted by atomic mass is 9.86. The smallest absolute Gasteiger partial charge is 0.0303 e. The molecule has 1 fully saturated rings. The standard InChI is InChI=1S/C12H24N2/c1-6-12(3,4)11(2)14-9-7-13(5)8-10-14/h2,6-10H2,1,3-5H3. The Kier molecular flexibility index (Phi) is 3.59. The zero-order chi connectivity index (χ0) is 10.8. The fourth-order valence-electron chi connectivity index (χ4n) is 1.71. The minimum atomic E-state index is 0.260. The van der Waals surface area contributed by atoms with E-state index in [4.69, 9.17) is 0 Å². The van der Waals surface area contributed by atoms with Crippen LogP contribution in [0.1, 0.15) is 27.2 Å². The summed E-state index contributed by atoms with van der Waals surface area (Å²) in [5.41, 5.74) is 1.57. The van der Waals surface area contributed by atoms with Gasteiger partial charge in [0.1, 0.15) is 0 Å². The van der Waals surface area contributed by atoms with Crippen molar-refractivity contribution in [1.82, 2.24) is 9.80 Å². The second-order valence-electron chi connectivity index (χ2n) is 4.97. The van der Waals surface area contributed by atoms with E-state index in [-0.39, 0.29) is 5.41 Å². The molecule has 0 saturated carbocycles. The Morgan fingerprint density at radius 3 is 2.14 bits per heavy atom. The molecule has 0 aromatic heterocycles. The fraction of sp³-hybridized carbons (Fsp3) is 0.833. The lowest BCUT2D eigenvalue weighted by Crippen LogP contribution is -2.45. The molecule has 1 saturated heterocycles. The van der Waals surface area contributed by atoms with Gasteiger partial charge in [0.25, 0.3) is 0 Å². The zero-order valence-electron chi connectivity index (χ0n) is 10.1. The van der Waals surface area contributed by atoms with E-state index >= 15 is 0 Å². The third-order valence-electron chi connectivity index (χ3n) is 3.55. The summed E-state index contributed by atoms with van der Waals surface area (Å²) in [7, 11) is 2.19. The molecule has 0 unspecified atom stereocenters. The van der Waals surface area contributed by atoms with Crippen LogP contribution in [-0.2, 0) is 0 Å². The Morgan fingerprint density at radius 1 is 1.21 bits per heavy atom. The highest BCUT2D eigenvalue weighted by atomic mass is 15.3. The van der Waals surface area contributed by atoms with Gasteiger partial charge in [0.2, 0.25) is 0 Å². The number of nitrogens with zero attached hydrogens (tertiary/aromatic N) is 2. The molecule has 0 aromatic carbocycles. The van der Waals surface area contributed by atoms with E-state index < -0.39 is 0 Å². The van der Waals surface area contributed by atoms with Crippen molar-refractivity contribution in [2.24, 2.45) is 5.41 Å². The van der Waals surface area contributed by atoms with Gasteiger partial charge < -0.3 is 9.80 Å². The van der Waals surface area contributed by atoms with Crippen molar-refractivity contribution < 1.29 is 0 Å². The molecular weight excluding hydrogens is 172 g/mol. The Hall–Kier alpha value is -0.500. The number of rotatable bonds is 3. The predicted octanol–water partition coefficient (Wildman–Crippen LogP) is 2.18. The van der Waals surface area contributed by atoms with E-state index in [9.17, 15) is 0 Å². The van der Waals surface area contributed by atoms with Gasteiger partial charge >= 0.3 is 0 Å². The van der Waals surface area contributed by atoms with Crippen molar-refractivity contribution in [3.05, 3.63) is 12.3 Å². The van der Waals surface area contributed by atoms with E-state index in [1.807, 2.05) is 0 Å². The topological polar surface area (TPSA) is 6.48 Å². The van der Waals surface area contributed by atoms with Crippen LogP contribution in [0, 0.1) is 5.41 Å². The van der Waals surface area contributed by atoms with Crippen molar-refractivity contribution in [1.29, 1.82) is 0 Å². The summed E-state index contributed by atoms with van der Waals surface area (Å²) in [5.74, 6) is 0. The van der Waals surface area contributed by atoms with Crippen LogP contribution < -0.4 is 0 Å². The molecule has 14 heavy (non-hydrogen) atoms. The summed E-state index contributed by atoms with van der Waals surface area (Å²) in [6, 6.07) is 0. The van der Waals surface area contributed by atoms with Crippen molar-refractivity contribution in [3.63, 3.8) is 0 Å². The maximum atomic E-state index is 4.25. The van der Waals surface area contributed by atoms with E-state index in [1.165, 1.54) is 18.8 Å². The minimum Gasteiger partial charge on any atom is -0.372 e. The van der Waals surface area contributed by atoms with Crippen LogP contribution in [0.2, 0.25) is 0 Å². The summed E-state index contributed by atoms with van der Waals surface area (Å²) >= 11 is 0. The molecule has 1 aliphatic rings. The van der Waals surface area contributed by atoms with Crippen molar-refractivity contribution in [3.8, 4) is 0 Å². The Labute approximate surface area is 88.6 Å². The third kappa shape index (κ3) is 2.50. The van der Waals surface area contributed by atoms with Gasteiger partial charge in [0.05, 0.1) is 0 Å². The Bertz CT molecular complexity index is 200. The molecule has 82 valence electrons. The number of likely N-dealkylation sites (N-methyl/N-ethyl adjacent to an activating group) is 1. The largest absolute Gasteiger partial charge is 0.372 e. The van der Waals surface area contributed by atoms with Crippen LogP contribution in [0.15, 0.2) is 12.3 Å². The third-order valence-corrected chi connectivity index (χ3v) is 3.55. The quantitative estimate of drug-likeness (QED) is 0.682. The van der Waals surface area contributed by atoms with Gasteiger partial charge in [-0.3, -0.25) is 0 Å². The lowest BCUT2D eigenvalue weighted by Gasteiger charge is -2.40. The van der Waals surface area contributed by atoms with Gasteiger partial charge in [-0.1, -0.05) is 27.4 Å². The molecule has 0 N–H and O–H groups in total. The van der Waals surface area contributed by atoms with E-state index in [1.54, 1.807) is 0 Å². The van der Waals surface area contributed by atoms with Gasteiger partial charge in [0.15, 0.2) is 0 Å². The fourth-order valence-corrected chi connectivity index (χ4v) is 1.71. The highest BCUT2D eigenvalue weighted by Crippen LogP contribution is 2.31. The first kappa shape index (κ1) is 11.6. The Morgan fingerprint density at radius 2 is 1.71 bits per heavy atom. The summed E-state index contributed by atoms with van der Waals surface area (Å²) in [6.45, 7) is 15.7. The molecule has 0 bridgehead atoms. The van der Waals surface area contributed by atoms with E-state index in [0.717, 1.165) is 19.5 Å². The lowest BCUT2D eigenvalue weighted by molar-refractivity contribution is 0.156. The molecule has 1 aliphatic heterocycles. The van der Waals surface area contributed by atoms with Crippen LogP contribution in [-0.4, -0.2) is 43.0 Å². The molecule has 0 aromatic rings. The molecule has 0 atom stereocenters. The van der Waals surface area contributed by atoms with Crippen LogP contribution in [0.4, 0.5) is 0 Å². The first-order chi connectivity index (χ1) is 6.47. The molecule has 0 radical (unpaired) electrons. The van der Waals surface area contributed by atoms with Gasteiger partial charge in [-0.15, -0.1) is 0 Å². The van der Waals surface area contributed by atoms with E-state index in [0.29, 0.717) is 0 Å². The maximum Gasteiger partial charge on any atom is 0.0303 e. The highest BCUT2D eigenvalue weighted by molar-refractivity contribution is 5.06. The summed E-state index contributed by atoms with van der Waals surface area (Å²) in [6.07, 6.45) is 1.16. The van der Waals surface area contributed by atoms with E-state index in [2.05, 4.69) is 44.2 Å². The summed E-state index contributed by atoms with van der Waals surface area (Å²) in [5, 5.41) is 0. The molecule has 2 heteroatoms. The second-order valence-corrected chi connectivity index (χ2v) is 4.97. The number of hydrogen-bond acceptors (Lipinski definition) is 2. The SMILES string of the molecule is C=C(N1CCN(C)CC1)C(C)(C)CC. The predicted molar refractivity (Wildman–Crippen MR) is 62.3 cm³/mol. The van der Waals surface area contributed by atoms with Crippen LogP contribution in [0.25, 0.3) is 0 Å². The molecular formula is C12H24N2. The maximum absolute atomic E-state index is 4.25. The van der Waals surface area contributed by atoms with Gasteiger partial charge in [-0.05, 0) is 13.5 Å². The molecule has 2 nitrogen and oxygen atoms in total. The molecule has 0 amide bonds. The van der Waals surface area contributed by atoms with Crippen molar-refractivity contribution in [2.45, 2.75) is 27.2 Å². The van der Waals surface area contributed by atoms with Crippen molar-refractivity contribution in [2.75, 3.05) is 33.2 Å². The molecule has 1 rings (SSSR count). The van der Waals surface area contributed by atoms with Gasteiger partial charge in [-0.25, -0.2) is 0 Å². The second kappa shape index (κ2) is 4.35. The van der Waals surface area contributed by atoms with Crippen molar-refractivity contribution >= 4 is 0 Å². The van der Waals surface area contributed by atoms with Crippen LogP contribution >= 0.6 is 0 Å². The van der Waals surface area contributed by atoms with Crippen LogP contribution in [0.3, 0.4) is 0 Å². The van der Waals surface area contributed by atoms with Gasteiger partial charge in [0, 0.05) is 37.3 Å². The van der Waals surface area contributed by atoms with Crippen LogP contribution in [0.5, 0.6) is 0 Å². The average Bonchev–Trinajstić information content (AvgIpc) is 2.18. The molecule has 1 heterocycles. The minimum absolute atomic E-state index is 0.260. The monoisotopic (exact) mass is 196 g/mol. The summed E-state index contributed by atoms with van der Waals surface area (Å²) in [4.78, 5) is 4.83. The number of hydrogen-bond donors (Lipinski definition) is 0. The number of allylic oxidation sites excluding steroid dienone is 1. The normalized spacial score (nSPS) is 19.9. The summed E-state index contributed by atoms with van der Waals surface area (Å²) < 4.78 is 0. The molecule has 0 aliphatic carbocycles. The average molecular weight is 196 g/mol. The zero-order valence-corrected chi connectivity index (χ0v) is 10.1. The first-order valence-corrected chi connectivity index (χ1v) is 5.60. The first-order valence-electron chi connectivity index (χ1n) is 5.60. The highest BCUT2D eigenvalue weighted by Gasteiger charge is 2.25. The molecule has 0 spiro atoms. The Balaban J connectivity index is 2.54. The number of piperazine rings is 1.